The van der Waals surface area contributed by atoms with E-state index in [2.05, 4.69) is 29.6 Å². The molecule has 108 valence electrons. The van der Waals surface area contributed by atoms with Gasteiger partial charge in [-0.2, -0.15) is 0 Å². The van der Waals surface area contributed by atoms with Gasteiger partial charge in [-0.25, -0.2) is 0 Å². The number of nitrogens with two attached hydrogens (primary N) is 1. The van der Waals surface area contributed by atoms with Crippen LogP contribution in [0.2, 0.25) is 0 Å². The molecule has 0 radical (unpaired) electrons. The predicted octanol–water partition coefficient (Wildman–Crippen LogP) is 2.14. The van der Waals surface area contributed by atoms with E-state index < -0.39 is 6.04 Å². The maximum absolute atomic E-state index is 12.2. The fraction of sp³-hybridized carbons (Fsp3) is 0.278. The number of nitrogens with one attached hydrogen (secondary N) is 1. The van der Waals surface area contributed by atoms with Crippen LogP contribution in [0.4, 0.5) is 0 Å². The lowest BCUT2D eigenvalue weighted by molar-refractivity contribution is -0.124. The molecule has 1 amide bonds. The number of fused-ring (bicyclic) bond motifs is 1. The maximum Gasteiger partial charge on any atom is 0.237 e. The summed E-state index contributed by atoms with van der Waals surface area (Å²) in [6.45, 7) is 1.72. The largest absolute Gasteiger partial charge is 0.345 e. The van der Waals surface area contributed by atoms with Crippen LogP contribution in [-0.4, -0.2) is 11.9 Å². The molecule has 2 aromatic rings. The summed E-state index contributed by atoms with van der Waals surface area (Å²) < 4.78 is 0. The zero-order valence-corrected chi connectivity index (χ0v) is 12.2. The van der Waals surface area contributed by atoms with Gasteiger partial charge in [0.1, 0.15) is 0 Å². The maximum atomic E-state index is 12.2. The minimum Gasteiger partial charge on any atom is -0.345 e. The van der Waals surface area contributed by atoms with E-state index in [0.717, 1.165) is 18.4 Å². The SMILES string of the molecule is CC(N)C(=O)NC1(c2ccccc2)Cc2ccccc2C1. The van der Waals surface area contributed by atoms with Crippen LogP contribution in [0.15, 0.2) is 54.6 Å². The first-order valence-corrected chi connectivity index (χ1v) is 7.31. The van der Waals surface area contributed by atoms with Crippen molar-refractivity contribution in [1.29, 1.82) is 0 Å². The van der Waals surface area contributed by atoms with Gasteiger partial charge >= 0.3 is 0 Å². The summed E-state index contributed by atoms with van der Waals surface area (Å²) in [7, 11) is 0. The molecule has 0 aliphatic heterocycles. The smallest absolute Gasteiger partial charge is 0.237 e. The quantitative estimate of drug-likeness (QED) is 0.905. The zero-order valence-electron chi connectivity index (χ0n) is 12.2. The second-order valence-electron chi connectivity index (χ2n) is 5.85. The summed E-state index contributed by atoms with van der Waals surface area (Å²) in [6, 6.07) is 18.0. The summed E-state index contributed by atoms with van der Waals surface area (Å²) in [4.78, 5) is 12.2. The van der Waals surface area contributed by atoms with E-state index >= 15 is 0 Å². The molecular formula is C18H20N2O. The normalized spacial score (nSPS) is 17.0. The van der Waals surface area contributed by atoms with Gasteiger partial charge in [0.25, 0.3) is 0 Å². The molecule has 21 heavy (non-hydrogen) atoms. The highest BCUT2D eigenvalue weighted by molar-refractivity contribution is 5.82. The molecule has 0 spiro atoms. The number of benzene rings is 2. The van der Waals surface area contributed by atoms with Crippen molar-refractivity contribution in [1.82, 2.24) is 5.32 Å². The van der Waals surface area contributed by atoms with Crippen molar-refractivity contribution in [3.63, 3.8) is 0 Å². The first kappa shape index (κ1) is 13.8. The Hall–Kier alpha value is -2.13. The Kier molecular flexibility index (Phi) is 3.52. The number of carbonyl (C=O) groups excluding carboxylic acids is 1. The zero-order chi connectivity index (χ0) is 14.9. The molecule has 0 saturated carbocycles. The van der Waals surface area contributed by atoms with Crippen LogP contribution < -0.4 is 11.1 Å². The summed E-state index contributed by atoms with van der Waals surface area (Å²) >= 11 is 0. The molecule has 0 fully saturated rings. The lowest BCUT2D eigenvalue weighted by Gasteiger charge is -2.32. The molecule has 0 saturated heterocycles. The fourth-order valence-corrected chi connectivity index (χ4v) is 3.09. The second kappa shape index (κ2) is 5.34. The molecule has 3 N–H and O–H groups in total. The third kappa shape index (κ3) is 2.57. The highest BCUT2D eigenvalue weighted by Gasteiger charge is 2.40. The van der Waals surface area contributed by atoms with E-state index in [9.17, 15) is 4.79 Å². The van der Waals surface area contributed by atoms with E-state index in [1.807, 2.05) is 30.3 Å². The molecule has 3 nitrogen and oxygen atoms in total. The van der Waals surface area contributed by atoms with Gasteiger partial charge in [0, 0.05) is 12.8 Å². The Morgan fingerprint density at radius 1 is 1.05 bits per heavy atom. The van der Waals surface area contributed by atoms with Crippen LogP contribution in [0.5, 0.6) is 0 Å². The lowest BCUT2D eigenvalue weighted by Crippen LogP contribution is -2.51. The first-order valence-electron chi connectivity index (χ1n) is 7.31. The Bertz CT molecular complexity index is 624. The molecule has 3 heteroatoms. The van der Waals surface area contributed by atoms with Gasteiger partial charge in [0.15, 0.2) is 0 Å². The summed E-state index contributed by atoms with van der Waals surface area (Å²) in [6.07, 6.45) is 1.62. The average molecular weight is 280 g/mol. The van der Waals surface area contributed by atoms with Crippen molar-refractivity contribution in [2.24, 2.45) is 5.73 Å². The van der Waals surface area contributed by atoms with Crippen molar-refractivity contribution in [2.75, 3.05) is 0 Å². The number of amides is 1. The standard InChI is InChI=1S/C18H20N2O/c1-13(19)17(21)20-18(16-9-3-2-4-10-16)11-14-7-5-6-8-15(14)12-18/h2-10,13H,11-12,19H2,1H3,(H,20,21). The monoisotopic (exact) mass is 280 g/mol. The van der Waals surface area contributed by atoms with Gasteiger partial charge in [-0.3, -0.25) is 4.79 Å². The topological polar surface area (TPSA) is 55.1 Å². The van der Waals surface area contributed by atoms with Crippen LogP contribution in [0.3, 0.4) is 0 Å². The summed E-state index contributed by atoms with van der Waals surface area (Å²) in [5.74, 6) is -0.105. The van der Waals surface area contributed by atoms with Gasteiger partial charge < -0.3 is 11.1 Å². The Balaban J connectivity index is 2.00. The van der Waals surface area contributed by atoms with E-state index in [4.69, 9.17) is 5.73 Å². The lowest BCUT2D eigenvalue weighted by atomic mass is 9.86. The molecule has 0 bridgehead atoms. The highest BCUT2D eigenvalue weighted by atomic mass is 16.2. The van der Waals surface area contributed by atoms with Crippen LogP contribution in [-0.2, 0) is 23.2 Å². The van der Waals surface area contributed by atoms with Crippen molar-refractivity contribution in [3.05, 3.63) is 71.3 Å². The predicted molar refractivity (Wildman–Crippen MR) is 83.8 cm³/mol. The molecule has 1 aliphatic carbocycles. The van der Waals surface area contributed by atoms with E-state index in [-0.39, 0.29) is 11.4 Å². The van der Waals surface area contributed by atoms with E-state index in [0.29, 0.717) is 0 Å². The van der Waals surface area contributed by atoms with Crippen molar-refractivity contribution < 1.29 is 4.79 Å². The van der Waals surface area contributed by atoms with Crippen LogP contribution in [0.1, 0.15) is 23.6 Å². The average Bonchev–Trinajstić information content (AvgIpc) is 2.87. The summed E-state index contributed by atoms with van der Waals surface area (Å²) in [5.41, 5.74) is 9.09. The molecular weight excluding hydrogens is 260 g/mol. The van der Waals surface area contributed by atoms with E-state index in [1.165, 1.54) is 11.1 Å². The molecule has 3 rings (SSSR count). The van der Waals surface area contributed by atoms with Crippen LogP contribution in [0, 0.1) is 0 Å². The number of rotatable bonds is 3. The van der Waals surface area contributed by atoms with E-state index in [1.54, 1.807) is 6.92 Å². The van der Waals surface area contributed by atoms with Gasteiger partial charge in [-0.05, 0) is 23.6 Å². The Morgan fingerprint density at radius 2 is 1.57 bits per heavy atom. The van der Waals surface area contributed by atoms with Crippen LogP contribution >= 0.6 is 0 Å². The third-order valence-corrected chi connectivity index (χ3v) is 4.21. The van der Waals surface area contributed by atoms with Gasteiger partial charge in [0.05, 0.1) is 11.6 Å². The van der Waals surface area contributed by atoms with Gasteiger partial charge in [-0.15, -0.1) is 0 Å². The Labute approximate surface area is 125 Å². The number of carbonyl (C=O) groups is 1. The molecule has 1 aliphatic rings. The van der Waals surface area contributed by atoms with Crippen LogP contribution in [0.25, 0.3) is 0 Å². The molecule has 1 atom stereocenters. The molecule has 2 aromatic carbocycles. The van der Waals surface area contributed by atoms with Crippen molar-refractivity contribution in [2.45, 2.75) is 31.3 Å². The highest BCUT2D eigenvalue weighted by Crippen LogP contribution is 2.37. The minimum absolute atomic E-state index is 0.105. The Morgan fingerprint density at radius 3 is 2.10 bits per heavy atom. The molecule has 1 unspecified atom stereocenters. The second-order valence-corrected chi connectivity index (χ2v) is 5.85. The third-order valence-electron chi connectivity index (χ3n) is 4.21. The molecule has 0 heterocycles. The van der Waals surface area contributed by atoms with Gasteiger partial charge in [0.2, 0.25) is 5.91 Å². The first-order chi connectivity index (χ1) is 10.1. The fourth-order valence-electron chi connectivity index (χ4n) is 3.09. The van der Waals surface area contributed by atoms with Crippen molar-refractivity contribution >= 4 is 5.91 Å². The van der Waals surface area contributed by atoms with Gasteiger partial charge in [-0.1, -0.05) is 54.6 Å². The number of hydrogen-bond donors (Lipinski definition) is 2. The summed E-state index contributed by atoms with van der Waals surface area (Å²) in [5, 5.41) is 3.19. The van der Waals surface area contributed by atoms with Crippen molar-refractivity contribution in [3.8, 4) is 0 Å². The molecule has 0 aromatic heterocycles. The number of hydrogen-bond acceptors (Lipinski definition) is 2. The minimum atomic E-state index is -0.505.